The average molecular weight is 251 g/mol. The molecule has 0 bridgehead atoms. The van der Waals surface area contributed by atoms with Gasteiger partial charge < -0.3 is 15.6 Å². The highest BCUT2D eigenvalue weighted by molar-refractivity contribution is 5.73. The second-order valence-electron chi connectivity index (χ2n) is 5.72. The predicted molar refractivity (Wildman–Crippen MR) is 74.1 cm³/mol. The Balaban J connectivity index is 2.37. The Kier molecular flexibility index (Phi) is 5.41. The quantitative estimate of drug-likeness (QED) is 0.728. The Labute approximate surface area is 110 Å². The maximum atomic E-state index is 10.6. The molecule has 3 N–H and O–H groups in total. The minimum atomic E-state index is -0.211. The third-order valence-corrected chi connectivity index (χ3v) is 2.80. The van der Waals surface area contributed by atoms with Crippen molar-refractivity contribution >= 4 is 5.91 Å². The summed E-state index contributed by atoms with van der Waals surface area (Å²) in [7, 11) is 0. The van der Waals surface area contributed by atoms with Gasteiger partial charge in [0.05, 0.1) is 0 Å². The Hall–Kier alpha value is -1.29. The van der Waals surface area contributed by atoms with Crippen LogP contribution in [0.4, 0.5) is 0 Å². The molecule has 0 saturated heterocycles. The highest BCUT2D eigenvalue weighted by Crippen LogP contribution is 2.08. The lowest BCUT2D eigenvalue weighted by atomic mass is 10.1. The lowest BCUT2D eigenvalue weighted by Crippen LogP contribution is -2.35. The summed E-state index contributed by atoms with van der Waals surface area (Å²) >= 11 is 0. The molecule has 1 aromatic heterocycles. The van der Waals surface area contributed by atoms with Crippen LogP contribution in [0.25, 0.3) is 0 Å². The van der Waals surface area contributed by atoms with Crippen molar-refractivity contribution in [1.82, 2.24) is 9.88 Å². The van der Waals surface area contributed by atoms with Crippen LogP contribution in [0.15, 0.2) is 18.3 Å². The standard InChI is InChI=1S/C14H25N3O/c1-14(2,3)16-11-12-7-6-10-17(12)9-5-4-8-13(15)18/h6-7,10,16H,4-5,8-9,11H2,1-3H3,(H2,15,18). The fourth-order valence-electron chi connectivity index (χ4n) is 1.77. The zero-order chi connectivity index (χ0) is 13.6. The number of carbonyl (C=O) groups is 1. The number of hydrogen-bond acceptors (Lipinski definition) is 2. The largest absolute Gasteiger partial charge is 0.370 e. The molecule has 0 fully saturated rings. The molecule has 1 heterocycles. The summed E-state index contributed by atoms with van der Waals surface area (Å²) in [5.41, 5.74) is 6.53. The van der Waals surface area contributed by atoms with E-state index < -0.39 is 0 Å². The molecule has 0 aliphatic rings. The normalized spacial score (nSPS) is 11.7. The number of aryl methyl sites for hydroxylation is 1. The number of aromatic nitrogens is 1. The van der Waals surface area contributed by atoms with E-state index in [-0.39, 0.29) is 11.4 Å². The van der Waals surface area contributed by atoms with E-state index in [1.54, 1.807) is 0 Å². The van der Waals surface area contributed by atoms with Crippen molar-refractivity contribution in [1.29, 1.82) is 0 Å². The van der Waals surface area contributed by atoms with Gasteiger partial charge in [0, 0.05) is 36.9 Å². The van der Waals surface area contributed by atoms with Gasteiger partial charge in [-0.15, -0.1) is 0 Å². The van der Waals surface area contributed by atoms with Gasteiger partial charge in [-0.05, 0) is 45.7 Å². The number of carbonyl (C=O) groups excluding carboxylic acids is 1. The van der Waals surface area contributed by atoms with Gasteiger partial charge in [-0.1, -0.05) is 0 Å². The van der Waals surface area contributed by atoms with Crippen LogP contribution in [0.5, 0.6) is 0 Å². The van der Waals surface area contributed by atoms with Crippen molar-refractivity contribution < 1.29 is 4.79 Å². The number of nitrogens with two attached hydrogens (primary N) is 1. The van der Waals surface area contributed by atoms with E-state index in [1.807, 2.05) is 0 Å². The summed E-state index contributed by atoms with van der Waals surface area (Å²) in [5, 5.41) is 3.48. The lowest BCUT2D eigenvalue weighted by Gasteiger charge is -2.21. The Morgan fingerprint density at radius 2 is 2.11 bits per heavy atom. The molecule has 0 aromatic carbocycles. The molecule has 0 saturated carbocycles. The van der Waals surface area contributed by atoms with Crippen molar-refractivity contribution in [2.24, 2.45) is 5.73 Å². The molecule has 0 unspecified atom stereocenters. The van der Waals surface area contributed by atoms with Gasteiger partial charge in [0.25, 0.3) is 0 Å². The van der Waals surface area contributed by atoms with Crippen LogP contribution >= 0.6 is 0 Å². The Morgan fingerprint density at radius 3 is 2.72 bits per heavy atom. The SMILES string of the molecule is CC(C)(C)NCc1cccn1CCCCC(N)=O. The van der Waals surface area contributed by atoms with E-state index in [1.165, 1.54) is 5.69 Å². The topological polar surface area (TPSA) is 60.1 Å². The number of primary amides is 1. The van der Waals surface area contributed by atoms with Gasteiger partial charge in [0.1, 0.15) is 0 Å². The van der Waals surface area contributed by atoms with Crippen LogP contribution in [-0.2, 0) is 17.9 Å². The van der Waals surface area contributed by atoms with Crippen LogP contribution in [0, 0.1) is 0 Å². The van der Waals surface area contributed by atoms with Crippen molar-refractivity contribution in [2.45, 2.75) is 58.7 Å². The third-order valence-electron chi connectivity index (χ3n) is 2.80. The first-order chi connectivity index (χ1) is 8.38. The molecule has 0 aliphatic carbocycles. The van der Waals surface area contributed by atoms with Crippen molar-refractivity contribution in [2.75, 3.05) is 0 Å². The van der Waals surface area contributed by atoms with Gasteiger partial charge in [0.15, 0.2) is 0 Å². The summed E-state index contributed by atoms with van der Waals surface area (Å²) in [6, 6.07) is 4.20. The molecule has 1 rings (SSSR count). The van der Waals surface area contributed by atoms with Gasteiger partial charge in [-0.3, -0.25) is 4.79 Å². The molecule has 4 nitrogen and oxygen atoms in total. The molecule has 0 spiro atoms. The smallest absolute Gasteiger partial charge is 0.217 e. The minimum absolute atomic E-state index is 0.126. The van der Waals surface area contributed by atoms with Crippen molar-refractivity contribution in [3.8, 4) is 0 Å². The summed E-state index contributed by atoms with van der Waals surface area (Å²) in [6.45, 7) is 8.29. The summed E-state index contributed by atoms with van der Waals surface area (Å²) in [4.78, 5) is 10.6. The molecule has 0 radical (unpaired) electrons. The van der Waals surface area contributed by atoms with E-state index in [0.29, 0.717) is 6.42 Å². The minimum Gasteiger partial charge on any atom is -0.370 e. The summed E-state index contributed by atoms with van der Waals surface area (Å²) in [6.07, 6.45) is 4.42. The van der Waals surface area contributed by atoms with E-state index in [4.69, 9.17) is 5.73 Å². The van der Waals surface area contributed by atoms with E-state index >= 15 is 0 Å². The highest BCUT2D eigenvalue weighted by Gasteiger charge is 2.09. The number of unbranched alkanes of at least 4 members (excludes halogenated alkanes) is 1. The monoisotopic (exact) mass is 251 g/mol. The van der Waals surface area contributed by atoms with Gasteiger partial charge in [0.2, 0.25) is 5.91 Å². The first kappa shape index (κ1) is 14.8. The number of rotatable bonds is 7. The van der Waals surface area contributed by atoms with E-state index in [0.717, 1.165) is 25.9 Å². The number of hydrogen-bond donors (Lipinski definition) is 2. The predicted octanol–water partition coefficient (Wildman–Crippen LogP) is 2.03. The molecule has 0 atom stereocenters. The van der Waals surface area contributed by atoms with Gasteiger partial charge in [-0.25, -0.2) is 0 Å². The first-order valence-electron chi connectivity index (χ1n) is 6.56. The molecular weight excluding hydrogens is 226 g/mol. The third kappa shape index (κ3) is 5.87. The fourth-order valence-corrected chi connectivity index (χ4v) is 1.77. The number of amides is 1. The number of nitrogens with zero attached hydrogens (tertiary/aromatic N) is 1. The highest BCUT2D eigenvalue weighted by atomic mass is 16.1. The zero-order valence-electron chi connectivity index (χ0n) is 11.7. The number of nitrogens with one attached hydrogen (secondary N) is 1. The van der Waals surface area contributed by atoms with Crippen LogP contribution in [0.3, 0.4) is 0 Å². The lowest BCUT2D eigenvalue weighted by molar-refractivity contribution is -0.118. The van der Waals surface area contributed by atoms with Gasteiger partial charge in [-0.2, -0.15) is 0 Å². The van der Waals surface area contributed by atoms with Crippen molar-refractivity contribution in [3.63, 3.8) is 0 Å². The summed E-state index contributed by atoms with van der Waals surface area (Å²) < 4.78 is 2.24. The molecule has 4 heteroatoms. The molecule has 18 heavy (non-hydrogen) atoms. The second kappa shape index (κ2) is 6.59. The Bertz CT molecular complexity index is 377. The molecule has 0 aliphatic heterocycles. The fraction of sp³-hybridized carbons (Fsp3) is 0.643. The zero-order valence-corrected chi connectivity index (χ0v) is 11.7. The summed E-state index contributed by atoms with van der Waals surface area (Å²) in [5.74, 6) is -0.211. The molecule has 1 amide bonds. The molecule has 1 aromatic rings. The van der Waals surface area contributed by atoms with Gasteiger partial charge >= 0.3 is 0 Å². The van der Waals surface area contributed by atoms with E-state index in [2.05, 4.69) is 49.0 Å². The molecule has 102 valence electrons. The van der Waals surface area contributed by atoms with Crippen molar-refractivity contribution in [3.05, 3.63) is 24.0 Å². The average Bonchev–Trinajstić information content (AvgIpc) is 2.68. The van der Waals surface area contributed by atoms with Crippen LogP contribution in [0.2, 0.25) is 0 Å². The molecular formula is C14H25N3O. The second-order valence-corrected chi connectivity index (χ2v) is 5.72. The van der Waals surface area contributed by atoms with Crippen LogP contribution in [0.1, 0.15) is 45.7 Å². The maximum absolute atomic E-state index is 10.6. The van der Waals surface area contributed by atoms with Crippen LogP contribution < -0.4 is 11.1 Å². The first-order valence-corrected chi connectivity index (χ1v) is 6.56. The van der Waals surface area contributed by atoms with E-state index in [9.17, 15) is 4.79 Å². The Morgan fingerprint density at radius 1 is 1.39 bits per heavy atom. The maximum Gasteiger partial charge on any atom is 0.217 e. The van der Waals surface area contributed by atoms with Crippen LogP contribution in [-0.4, -0.2) is 16.0 Å².